The molecule has 180 valence electrons. The highest BCUT2D eigenvalue weighted by Gasteiger charge is 2.28. The van der Waals surface area contributed by atoms with Crippen LogP contribution in [0.15, 0.2) is 36.4 Å². The number of benzene rings is 2. The molecule has 0 atom stereocenters. The molecule has 0 saturated heterocycles. The molecule has 1 aliphatic carbocycles. The number of ether oxygens (including phenoxy) is 1. The number of aryl methyl sites for hydroxylation is 1. The molecule has 1 fully saturated rings. The van der Waals surface area contributed by atoms with Crippen LogP contribution < -0.4 is 4.74 Å². The van der Waals surface area contributed by atoms with Crippen LogP contribution >= 0.6 is 0 Å². The molecule has 0 aromatic heterocycles. The summed E-state index contributed by atoms with van der Waals surface area (Å²) in [7, 11) is 0. The highest BCUT2D eigenvalue weighted by molar-refractivity contribution is 5.76. The summed E-state index contributed by atoms with van der Waals surface area (Å²) < 4.78 is 34.9. The van der Waals surface area contributed by atoms with Crippen LogP contribution in [0.3, 0.4) is 0 Å². The van der Waals surface area contributed by atoms with Crippen molar-refractivity contribution in [1.29, 1.82) is 0 Å². The van der Waals surface area contributed by atoms with Crippen LogP contribution in [0.5, 0.6) is 5.75 Å². The van der Waals surface area contributed by atoms with Gasteiger partial charge in [0.05, 0.1) is 5.92 Å². The van der Waals surface area contributed by atoms with Crippen LogP contribution in [-0.2, 0) is 11.2 Å². The van der Waals surface area contributed by atoms with Gasteiger partial charge in [-0.3, -0.25) is 4.79 Å². The molecular weight excluding hydrogens is 418 g/mol. The van der Waals surface area contributed by atoms with Gasteiger partial charge in [-0.1, -0.05) is 76.6 Å². The van der Waals surface area contributed by atoms with Crippen LogP contribution in [0.2, 0.25) is 0 Å². The van der Waals surface area contributed by atoms with Crippen LogP contribution in [0.25, 0.3) is 11.1 Å². The van der Waals surface area contributed by atoms with Gasteiger partial charge < -0.3 is 4.74 Å². The Kier molecular flexibility index (Phi) is 9.90. The highest BCUT2D eigenvalue weighted by atomic mass is 19.2. The second kappa shape index (κ2) is 12.9. The van der Waals surface area contributed by atoms with Crippen LogP contribution in [0, 0.1) is 23.5 Å². The number of rotatable bonds is 11. The first-order valence-electron chi connectivity index (χ1n) is 12.8. The Morgan fingerprint density at radius 1 is 0.848 bits per heavy atom. The Morgan fingerprint density at radius 2 is 1.52 bits per heavy atom. The van der Waals surface area contributed by atoms with Crippen molar-refractivity contribution < 1.29 is 18.3 Å². The topological polar surface area (TPSA) is 26.3 Å². The first-order valence-corrected chi connectivity index (χ1v) is 12.8. The van der Waals surface area contributed by atoms with E-state index in [4.69, 9.17) is 4.74 Å². The van der Waals surface area contributed by atoms with Crippen LogP contribution in [0.1, 0.15) is 90.0 Å². The second-order valence-corrected chi connectivity index (χ2v) is 9.53. The summed E-state index contributed by atoms with van der Waals surface area (Å²) in [5.74, 6) is -2.38. The van der Waals surface area contributed by atoms with Crippen molar-refractivity contribution in [2.75, 3.05) is 0 Å². The fraction of sp³-hybridized carbons (Fsp3) is 0.552. The molecule has 0 heterocycles. The third-order valence-electron chi connectivity index (χ3n) is 6.99. The monoisotopic (exact) mass is 456 g/mol. The average Bonchev–Trinajstić information content (AvgIpc) is 2.83. The molecule has 0 unspecified atom stereocenters. The second-order valence-electron chi connectivity index (χ2n) is 9.53. The van der Waals surface area contributed by atoms with Crippen molar-refractivity contribution in [2.45, 2.75) is 90.9 Å². The average molecular weight is 457 g/mol. The summed E-state index contributed by atoms with van der Waals surface area (Å²) in [6, 6.07) is 10.5. The molecule has 4 heteroatoms. The first-order chi connectivity index (χ1) is 16.0. The quantitative estimate of drug-likeness (QED) is 0.192. The predicted octanol–water partition coefficient (Wildman–Crippen LogP) is 8.66. The van der Waals surface area contributed by atoms with Gasteiger partial charge >= 0.3 is 5.97 Å². The van der Waals surface area contributed by atoms with E-state index in [2.05, 4.69) is 13.8 Å². The Hall–Kier alpha value is -2.23. The Balaban J connectivity index is 1.58. The summed E-state index contributed by atoms with van der Waals surface area (Å²) in [6.45, 7) is 4.37. The van der Waals surface area contributed by atoms with Gasteiger partial charge in [0, 0.05) is 5.56 Å². The van der Waals surface area contributed by atoms with E-state index in [0.29, 0.717) is 11.5 Å². The molecule has 0 spiro atoms. The minimum absolute atomic E-state index is 0.181. The van der Waals surface area contributed by atoms with Crippen molar-refractivity contribution in [3.05, 3.63) is 53.6 Å². The Morgan fingerprint density at radius 3 is 2.18 bits per heavy atom. The van der Waals surface area contributed by atoms with E-state index in [1.165, 1.54) is 56.2 Å². The lowest BCUT2D eigenvalue weighted by atomic mass is 9.80. The van der Waals surface area contributed by atoms with E-state index in [1.807, 2.05) is 24.3 Å². The van der Waals surface area contributed by atoms with E-state index in [-0.39, 0.29) is 17.2 Å². The summed E-state index contributed by atoms with van der Waals surface area (Å²) in [5.41, 5.74) is 1.99. The molecule has 0 aliphatic heterocycles. The van der Waals surface area contributed by atoms with Crippen LogP contribution in [0.4, 0.5) is 8.78 Å². The maximum atomic E-state index is 14.8. The molecular formula is C29H38F2O2. The fourth-order valence-electron chi connectivity index (χ4n) is 4.83. The lowest BCUT2D eigenvalue weighted by Gasteiger charge is -2.27. The lowest BCUT2D eigenvalue weighted by Crippen LogP contribution is -2.26. The molecule has 2 aromatic rings. The van der Waals surface area contributed by atoms with Gasteiger partial charge in [-0.05, 0) is 67.7 Å². The number of hydrogen-bond acceptors (Lipinski definition) is 2. The van der Waals surface area contributed by atoms with E-state index < -0.39 is 17.6 Å². The van der Waals surface area contributed by atoms with Crippen molar-refractivity contribution in [3.63, 3.8) is 0 Å². The number of esters is 1. The third-order valence-corrected chi connectivity index (χ3v) is 6.99. The molecule has 1 aliphatic rings. The van der Waals surface area contributed by atoms with Crippen LogP contribution in [-0.4, -0.2) is 5.97 Å². The van der Waals surface area contributed by atoms with Gasteiger partial charge in [-0.25, -0.2) is 4.39 Å². The minimum Gasteiger partial charge on any atom is -0.423 e. The molecule has 2 aromatic carbocycles. The number of hydrogen-bond donors (Lipinski definition) is 0. The molecule has 0 N–H and O–H groups in total. The molecule has 0 bridgehead atoms. The Labute approximate surface area is 197 Å². The lowest BCUT2D eigenvalue weighted by molar-refractivity contribution is -0.140. The van der Waals surface area contributed by atoms with E-state index in [1.54, 1.807) is 0 Å². The summed E-state index contributed by atoms with van der Waals surface area (Å²) in [4.78, 5) is 12.6. The number of unbranched alkanes of at least 4 members (excludes halogenated alkanes) is 4. The number of halogens is 2. The fourth-order valence-corrected chi connectivity index (χ4v) is 4.83. The maximum Gasteiger partial charge on any atom is 0.314 e. The molecule has 33 heavy (non-hydrogen) atoms. The predicted molar refractivity (Wildman–Crippen MR) is 130 cm³/mol. The largest absolute Gasteiger partial charge is 0.423 e. The third kappa shape index (κ3) is 7.12. The van der Waals surface area contributed by atoms with Gasteiger partial charge in [0.25, 0.3) is 0 Å². The zero-order valence-corrected chi connectivity index (χ0v) is 20.2. The summed E-state index contributed by atoms with van der Waals surface area (Å²) >= 11 is 0. The number of carbonyl (C=O) groups excluding carboxylic acids is 1. The van der Waals surface area contributed by atoms with Gasteiger partial charge in [0.15, 0.2) is 11.6 Å². The first kappa shape index (κ1) is 25.4. The van der Waals surface area contributed by atoms with Crippen molar-refractivity contribution in [2.24, 2.45) is 11.8 Å². The molecule has 2 nitrogen and oxygen atoms in total. The normalized spacial score (nSPS) is 18.3. The van der Waals surface area contributed by atoms with E-state index >= 15 is 0 Å². The molecule has 3 rings (SSSR count). The van der Waals surface area contributed by atoms with Gasteiger partial charge in [-0.15, -0.1) is 0 Å². The zero-order valence-electron chi connectivity index (χ0n) is 20.2. The van der Waals surface area contributed by atoms with Crippen molar-refractivity contribution in [1.82, 2.24) is 0 Å². The summed E-state index contributed by atoms with van der Waals surface area (Å²) in [6.07, 6.45) is 12.9. The zero-order chi connectivity index (χ0) is 23.6. The molecule has 0 amide bonds. The SMILES string of the molecule is CCCCCc1ccc(-c2ccc(OC(=O)C3CCC(CCCCC)CC3)c(F)c2F)cc1. The van der Waals surface area contributed by atoms with Crippen molar-refractivity contribution in [3.8, 4) is 16.9 Å². The smallest absolute Gasteiger partial charge is 0.314 e. The van der Waals surface area contributed by atoms with Gasteiger partial charge in [0.1, 0.15) is 0 Å². The number of carbonyl (C=O) groups is 1. The van der Waals surface area contributed by atoms with E-state index in [0.717, 1.165) is 38.5 Å². The van der Waals surface area contributed by atoms with Gasteiger partial charge in [-0.2, -0.15) is 4.39 Å². The standard InChI is InChI=1S/C29H38F2O2/c1-3-5-7-9-21-11-15-23(16-12-21)25-19-20-26(28(31)27(25)30)33-29(32)24-17-13-22(14-18-24)10-8-6-4-2/h11-12,15-16,19-20,22,24H,3-10,13-14,17-18H2,1-2H3. The highest BCUT2D eigenvalue weighted by Crippen LogP contribution is 2.34. The van der Waals surface area contributed by atoms with Crippen molar-refractivity contribution >= 4 is 5.97 Å². The summed E-state index contributed by atoms with van der Waals surface area (Å²) in [5, 5.41) is 0. The maximum absolute atomic E-state index is 14.8. The van der Waals surface area contributed by atoms with Gasteiger partial charge in [0.2, 0.25) is 5.82 Å². The van der Waals surface area contributed by atoms with E-state index in [9.17, 15) is 13.6 Å². The molecule has 1 saturated carbocycles. The molecule has 0 radical (unpaired) electrons. The minimum atomic E-state index is -1.10. The Bertz CT molecular complexity index is 883.